The van der Waals surface area contributed by atoms with E-state index in [0.717, 1.165) is 0 Å². The molecular formula is C14H14N2. The van der Waals surface area contributed by atoms with Crippen LogP contribution in [0, 0.1) is 6.92 Å². The second-order valence-corrected chi connectivity index (χ2v) is 4.12. The van der Waals surface area contributed by atoms with Gasteiger partial charge in [-0.15, -0.1) is 0 Å². The summed E-state index contributed by atoms with van der Waals surface area (Å²) in [6.07, 6.45) is 0.193. The summed E-state index contributed by atoms with van der Waals surface area (Å²) in [6, 6.07) is 16.7. The van der Waals surface area contributed by atoms with Crippen molar-refractivity contribution in [3.05, 3.63) is 59.7 Å². The van der Waals surface area contributed by atoms with Gasteiger partial charge in [-0.25, -0.2) is 0 Å². The molecule has 0 aromatic heterocycles. The Morgan fingerprint density at radius 1 is 0.812 bits per heavy atom. The number of hydrogen-bond acceptors (Lipinski definition) is 2. The van der Waals surface area contributed by atoms with E-state index in [0.29, 0.717) is 0 Å². The Bertz CT molecular complexity index is 495. The van der Waals surface area contributed by atoms with Crippen LogP contribution in [0.4, 0.5) is 11.4 Å². The van der Waals surface area contributed by atoms with Crippen LogP contribution in [-0.4, -0.2) is 0 Å². The van der Waals surface area contributed by atoms with Crippen LogP contribution in [0.2, 0.25) is 0 Å². The summed E-state index contributed by atoms with van der Waals surface area (Å²) in [5.41, 5.74) is 4.96. The molecule has 2 heteroatoms. The predicted molar refractivity (Wildman–Crippen MR) is 67.6 cm³/mol. The van der Waals surface area contributed by atoms with Gasteiger partial charge in [-0.2, -0.15) is 0 Å². The Hall–Kier alpha value is -1.96. The van der Waals surface area contributed by atoms with Gasteiger partial charge in [-0.1, -0.05) is 36.4 Å². The second-order valence-electron chi connectivity index (χ2n) is 4.12. The largest absolute Gasteiger partial charge is 0.360 e. The smallest absolute Gasteiger partial charge is 0.123 e. The Morgan fingerprint density at radius 2 is 1.38 bits per heavy atom. The Balaban J connectivity index is 1.95. The monoisotopic (exact) mass is 210 g/mol. The van der Waals surface area contributed by atoms with Crippen molar-refractivity contribution in [1.82, 2.24) is 0 Å². The zero-order valence-electron chi connectivity index (χ0n) is 9.20. The van der Waals surface area contributed by atoms with Gasteiger partial charge in [0.1, 0.15) is 6.17 Å². The molecule has 0 spiro atoms. The topological polar surface area (TPSA) is 24.1 Å². The van der Waals surface area contributed by atoms with Crippen molar-refractivity contribution in [1.29, 1.82) is 0 Å². The average molecular weight is 210 g/mol. The molecule has 0 aliphatic carbocycles. The molecular weight excluding hydrogens is 196 g/mol. The maximum absolute atomic E-state index is 3.48. The Morgan fingerprint density at radius 3 is 2.00 bits per heavy atom. The maximum atomic E-state index is 3.48. The Labute approximate surface area is 95.3 Å². The van der Waals surface area contributed by atoms with E-state index in [-0.39, 0.29) is 6.17 Å². The van der Waals surface area contributed by atoms with Crippen LogP contribution in [0.5, 0.6) is 0 Å². The summed E-state index contributed by atoms with van der Waals surface area (Å²) in [6.45, 7) is 2.14. The lowest BCUT2D eigenvalue weighted by Crippen LogP contribution is -2.13. The Kier molecular flexibility index (Phi) is 2.07. The van der Waals surface area contributed by atoms with E-state index in [1.165, 1.54) is 22.5 Å². The molecule has 0 unspecified atom stereocenters. The van der Waals surface area contributed by atoms with E-state index < -0.39 is 0 Å². The summed E-state index contributed by atoms with van der Waals surface area (Å²) in [5.74, 6) is 0. The molecule has 16 heavy (non-hydrogen) atoms. The van der Waals surface area contributed by atoms with Gasteiger partial charge in [0.15, 0.2) is 0 Å². The van der Waals surface area contributed by atoms with Gasteiger partial charge in [0.2, 0.25) is 0 Å². The molecule has 2 aromatic carbocycles. The molecule has 0 saturated heterocycles. The van der Waals surface area contributed by atoms with Crippen molar-refractivity contribution < 1.29 is 0 Å². The van der Waals surface area contributed by atoms with Gasteiger partial charge >= 0.3 is 0 Å². The zero-order valence-corrected chi connectivity index (χ0v) is 9.20. The van der Waals surface area contributed by atoms with Crippen molar-refractivity contribution in [2.45, 2.75) is 13.1 Å². The predicted octanol–water partition coefficient (Wildman–Crippen LogP) is 3.53. The molecule has 0 radical (unpaired) electrons. The number of fused-ring (bicyclic) bond motifs is 1. The lowest BCUT2D eigenvalue weighted by atomic mass is 10.1. The standard InChI is InChI=1S/C14H14N2/c1-10-6-2-3-7-11(10)14-15-12-8-4-5-9-13(12)16-14/h2-9,14-16H,1H3. The number of rotatable bonds is 1. The summed E-state index contributed by atoms with van der Waals surface area (Å²) < 4.78 is 0. The van der Waals surface area contributed by atoms with Crippen molar-refractivity contribution in [3.63, 3.8) is 0 Å². The highest BCUT2D eigenvalue weighted by Gasteiger charge is 2.20. The van der Waals surface area contributed by atoms with Crippen LogP contribution in [0.3, 0.4) is 0 Å². The van der Waals surface area contributed by atoms with Crippen molar-refractivity contribution >= 4 is 11.4 Å². The third-order valence-corrected chi connectivity index (χ3v) is 3.03. The number of anilines is 2. The lowest BCUT2D eigenvalue weighted by Gasteiger charge is -2.15. The number of benzene rings is 2. The molecule has 80 valence electrons. The molecule has 0 atom stereocenters. The molecule has 2 N–H and O–H groups in total. The summed E-state index contributed by atoms with van der Waals surface area (Å²) in [7, 11) is 0. The number of nitrogens with one attached hydrogen (secondary N) is 2. The first-order chi connectivity index (χ1) is 7.84. The number of hydrogen-bond donors (Lipinski definition) is 2. The minimum Gasteiger partial charge on any atom is -0.360 e. The zero-order chi connectivity index (χ0) is 11.0. The van der Waals surface area contributed by atoms with Gasteiger partial charge in [0, 0.05) is 0 Å². The highest BCUT2D eigenvalue weighted by molar-refractivity contribution is 5.75. The molecule has 0 bridgehead atoms. The van der Waals surface area contributed by atoms with Gasteiger partial charge < -0.3 is 10.6 Å². The van der Waals surface area contributed by atoms with Crippen LogP contribution in [0.1, 0.15) is 17.3 Å². The third kappa shape index (κ3) is 1.43. The molecule has 1 heterocycles. The fraction of sp³-hybridized carbons (Fsp3) is 0.143. The highest BCUT2D eigenvalue weighted by Crippen LogP contribution is 2.35. The SMILES string of the molecule is Cc1ccccc1C1Nc2ccccc2N1. The minimum absolute atomic E-state index is 0.193. The van der Waals surface area contributed by atoms with Crippen LogP contribution >= 0.6 is 0 Å². The molecule has 2 aromatic rings. The summed E-state index contributed by atoms with van der Waals surface area (Å²) >= 11 is 0. The van der Waals surface area contributed by atoms with Crippen LogP contribution in [0.25, 0.3) is 0 Å². The first kappa shape index (κ1) is 9.28. The molecule has 0 fully saturated rings. The fourth-order valence-electron chi connectivity index (χ4n) is 2.15. The van der Waals surface area contributed by atoms with E-state index in [1.807, 2.05) is 12.1 Å². The quantitative estimate of drug-likeness (QED) is 0.752. The number of aryl methyl sites for hydroxylation is 1. The van der Waals surface area contributed by atoms with Gasteiger partial charge in [0.25, 0.3) is 0 Å². The van der Waals surface area contributed by atoms with Gasteiger partial charge in [-0.3, -0.25) is 0 Å². The highest BCUT2D eigenvalue weighted by atomic mass is 15.2. The van der Waals surface area contributed by atoms with E-state index in [1.54, 1.807) is 0 Å². The second kappa shape index (κ2) is 3.56. The van der Waals surface area contributed by atoms with E-state index in [9.17, 15) is 0 Å². The van der Waals surface area contributed by atoms with Crippen molar-refractivity contribution in [3.8, 4) is 0 Å². The summed E-state index contributed by atoms with van der Waals surface area (Å²) in [4.78, 5) is 0. The molecule has 1 aliphatic heterocycles. The summed E-state index contributed by atoms with van der Waals surface area (Å²) in [5, 5.41) is 6.96. The van der Waals surface area contributed by atoms with Crippen LogP contribution in [0.15, 0.2) is 48.5 Å². The molecule has 0 saturated carbocycles. The van der Waals surface area contributed by atoms with Crippen molar-refractivity contribution in [2.75, 3.05) is 10.6 Å². The molecule has 3 rings (SSSR count). The average Bonchev–Trinajstić information content (AvgIpc) is 2.73. The fourth-order valence-corrected chi connectivity index (χ4v) is 2.15. The van der Waals surface area contributed by atoms with E-state index in [2.05, 4.69) is 54.0 Å². The molecule has 2 nitrogen and oxygen atoms in total. The molecule has 1 aliphatic rings. The minimum atomic E-state index is 0.193. The van der Waals surface area contributed by atoms with E-state index >= 15 is 0 Å². The van der Waals surface area contributed by atoms with Crippen LogP contribution in [-0.2, 0) is 0 Å². The van der Waals surface area contributed by atoms with E-state index in [4.69, 9.17) is 0 Å². The normalized spacial score (nSPS) is 14.1. The first-order valence-electron chi connectivity index (χ1n) is 5.52. The lowest BCUT2D eigenvalue weighted by molar-refractivity contribution is 0.928. The van der Waals surface area contributed by atoms with Gasteiger partial charge in [0.05, 0.1) is 11.4 Å². The third-order valence-electron chi connectivity index (χ3n) is 3.03. The molecule has 0 amide bonds. The first-order valence-corrected chi connectivity index (χ1v) is 5.52. The number of para-hydroxylation sites is 2. The van der Waals surface area contributed by atoms with Crippen LogP contribution < -0.4 is 10.6 Å². The maximum Gasteiger partial charge on any atom is 0.123 e. The van der Waals surface area contributed by atoms with Gasteiger partial charge in [-0.05, 0) is 30.2 Å². The van der Waals surface area contributed by atoms with Crippen molar-refractivity contribution in [2.24, 2.45) is 0 Å².